The van der Waals surface area contributed by atoms with Gasteiger partial charge in [0.25, 0.3) is 0 Å². The summed E-state index contributed by atoms with van der Waals surface area (Å²) in [4.78, 5) is 13.3. The molecule has 1 rings (SSSR count). The summed E-state index contributed by atoms with van der Waals surface area (Å²) in [7, 11) is 1.74. The van der Waals surface area contributed by atoms with Crippen LogP contribution in [-0.2, 0) is 9.53 Å². The van der Waals surface area contributed by atoms with Gasteiger partial charge in [-0.2, -0.15) is 5.26 Å². The molecule has 0 aromatic heterocycles. The van der Waals surface area contributed by atoms with E-state index in [1.165, 1.54) is 25.7 Å². The Hall–Kier alpha value is -1.08. The maximum absolute atomic E-state index is 11.7. The molecule has 102 valence electrons. The van der Waals surface area contributed by atoms with Gasteiger partial charge in [-0.15, -0.1) is 0 Å². The zero-order valence-electron chi connectivity index (χ0n) is 11.4. The normalized spacial score (nSPS) is 16.9. The molecule has 0 saturated heterocycles. The Bertz CT molecular complexity index is 278. The van der Waals surface area contributed by atoms with Crippen molar-refractivity contribution in [3.05, 3.63) is 0 Å². The fourth-order valence-electron chi connectivity index (χ4n) is 2.25. The molecule has 0 aromatic rings. The molecule has 0 radical (unpaired) electrons. The number of carbonyl (C=O) groups excluding carboxylic acids is 1. The number of rotatable bonds is 6. The van der Waals surface area contributed by atoms with Crippen LogP contribution in [0.25, 0.3) is 0 Å². The van der Waals surface area contributed by atoms with Crippen LogP contribution >= 0.6 is 0 Å². The SMILES string of the molecule is CN(CCC#N)C(=O)CCOC1CCCCCC1. The van der Waals surface area contributed by atoms with Crippen LogP contribution in [-0.4, -0.2) is 37.1 Å². The minimum Gasteiger partial charge on any atom is -0.378 e. The number of amides is 1. The Morgan fingerprint density at radius 1 is 1.33 bits per heavy atom. The van der Waals surface area contributed by atoms with Gasteiger partial charge in [0.1, 0.15) is 0 Å². The highest BCUT2D eigenvalue weighted by Gasteiger charge is 2.14. The highest BCUT2D eigenvalue weighted by Crippen LogP contribution is 2.19. The van der Waals surface area contributed by atoms with Crippen molar-refractivity contribution in [1.29, 1.82) is 5.26 Å². The molecule has 0 atom stereocenters. The van der Waals surface area contributed by atoms with Crippen LogP contribution in [0.5, 0.6) is 0 Å². The molecule has 1 aliphatic carbocycles. The lowest BCUT2D eigenvalue weighted by molar-refractivity contribution is -0.131. The van der Waals surface area contributed by atoms with Gasteiger partial charge in [-0.3, -0.25) is 4.79 Å². The van der Waals surface area contributed by atoms with Gasteiger partial charge in [-0.05, 0) is 12.8 Å². The summed E-state index contributed by atoms with van der Waals surface area (Å²) in [6, 6.07) is 2.04. The monoisotopic (exact) mass is 252 g/mol. The smallest absolute Gasteiger partial charge is 0.224 e. The maximum Gasteiger partial charge on any atom is 0.224 e. The van der Waals surface area contributed by atoms with Crippen LogP contribution in [0.15, 0.2) is 0 Å². The minimum atomic E-state index is 0.0684. The predicted octanol–water partition coefficient (Wildman–Crippen LogP) is 2.49. The maximum atomic E-state index is 11.7. The highest BCUT2D eigenvalue weighted by molar-refractivity contribution is 5.75. The van der Waals surface area contributed by atoms with Gasteiger partial charge in [0, 0.05) is 13.6 Å². The number of ether oxygens (including phenoxy) is 1. The van der Waals surface area contributed by atoms with Crippen molar-refractivity contribution in [3.63, 3.8) is 0 Å². The lowest BCUT2D eigenvalue weighted by Gasteiger charge is -2.18. The molecule has 0 heterocycles. The van der Waals surface area contributed by atoms with Crippen LogP contribution in [0.2, 0.25) is 0 Å². The number of nitriles is 1. The minimum absolute atomic E-state index is 0.0684. The Labute approximate surface area is 110 Å². The first kappa shape index (κ1) is 15.0. The number of hydrogen-bond acceptors (Lipinski definition) is 3. The molecule has 4 heteroatoms. The Morgan fingerprint density at radius 3 is 2.61 bits per heavy atom. The molecule has 1 aliphatic rings. The fraction of sp³-hybridized carbons (Fsp3) is 0.857. The van der Waals surface area contributed by atoms with Crippen LogP contribution in [0.3, 0.4) is 0 Å². The van der Waals surface area contributed by atoms with Crippen molar-refractivity contribution in [2.75, 3.05) is 20.2 Å². The van der Waals surface area contributed by atoms with Gasteiger partial charge < -0.3 is 9.64 Å². The second kappa shape index (κ2) is 8.93. The Kier molecular flexibility index (Phi) is 7.43. The fourth-order valence-corrected chi connectivity index (χ4v) is 2.25. The zero-order chi connectivity index (χ0) is 13.2. The van der Waals surface area contributed by atoms with Crippen molar-refractivity contribution >= 4 is 5.91 Å². The molecule has 4 nitrogen and oxygen atoms in total. The van der Waals surface area contributed by atoms with Gasteiger partial charge in [0.05, 0.1) is 31.6 Å². The molecule has 0 spiro atoms. The third-order valence-electron chi connectivity index (χ3n) is 3.46. The van der Waals surface area contributed by atoms with E-state index in [1.54, 1.807) is 11.9 Å². The van der Waals surface area contributed by atoms with Gasteiger partial charge in [-0.1, -0.05) is 25.7 Å². The van der Waals surface area contributed by atoms with E-state index in [0.717, 1.165) is 12.8 Å². The molecule has 18 heavy (non-hydrogen) atoms. The van der Waals surface area contributed by atoms with Crippen molar-refractivity contribution in [3.8, 4) is 6.07 Å². The van der Waals surface area contributed by atoms with Crippen LogP contribution in [0.1, 0.15) is 51.4 Å². The molecule has 0 N–H and O–H groups in total. The lowest BCUT2D eigenvalue weighted by Crippen LogP contribution is -2.29. The first-order chi connectivity index (χ1) is 8.74. The first-order valence-electron chi connectivity index (χ1n) is 6.96. The second-order valence-corrected chi connectivity index (χ2v) is 4.96. The molecule has 0 aliphatic heterocycles. The van der Waals surface area contributed by atoms with E-state index < -0.39 is 0 Å². The van der Waals surface area contributed by atoms with E-state index in [0.29, 0.717) is 32.1 Å². The molecular formula is C14H24N2O2. The van der Waals surface area contributed by atoms with Crippen LogP contribution in [0.4, 0.5) is 0 Å². The van der Waals surface area contributed by atoms with Crippen molar-refractivity contribution in [2.45, 2.75) is 57.5 Å². The van der Waals surface area contributed by atoms with Gasteiger partial charge in [0.15, 0.2) is 0 Å². The lowest BCUT2D eigenvalue weighted by atomic mass is 10.1. The van der Waals surface area contributed by atoms with E-state index in [4.69, 9.17) is 10.00 Å². The summed E-state index contributed by atoms with van der Waals surface area (Å²) in [6.45, 7) is 1.03. The zero-order valence-corrected chi connectivity index (χ0v) is 11.4. The van der Waals surface area contributed by atoms with Gasteiger partial charge in [0.2, 0.25) is 5.91 Å². The third-order valence-corrected chi connectivity index (χ3v) is 3.46. The summed E-state index contributed by atoms with van der Waals surface area (Å²) in [5, 5.41) is 8.46. The van der Waals surface area contributed by atoms with E-state index >= 15 is 0 Å². The molecule has 0 bridgehead atoms. The molecule has 0 aromatic carbocycles. The van der Waals surface area contributed by atoms with E-state index in [1.807, 2.05) is 6.07 Å². The van der Waals surface area contributed by atoms with Crippen molar-refractivity contribution in [1.82, 2.24) is 4.90 Å². The topological polar surface area (TPSA) is 53.3 Å². The van der Waals surface area contributed by atoms with E-state index in [2.05, 4.69) is 0 Å². The number of hydrogen-bond donors (Lipinski definition) is 0. The Balaban J connectivity index is 2.12. The highest BCUT2D eigenvalue weighted by atomic mass is 16.5. The Morgan fingerprint density at radius 2 is 2.00 bits per heavy atom. The first-order valence-corrected chi connectivity index (χ1v) is 6.96. The van der Waals surface area contributed by atoms with Crippen molar-refractivity contribution < 1.29 is 9.53 Å². The molecule has 1 amide bonds. The molecular weight excluding hydrogens is 228 g/mol. The molecule has 0 unspecified atom stereocenters. The quantitative estimate of drug-likeness (QED) is 0.682. The van der Waals surface area contributed by atoms with Gasteiger partial charge in [-0.25, -0.2) is 0 Å². The van der Waals surface area contributed by atoms with Gasteiger partial charge >= 0.3 is 0 Å². The third kappa shape index (κ3) is 6.02. The summed E-state index contributed by atoms with van der Waals surface area (Å²) in [6.07, 6.45) is 8.58. The van der Waals surface area contributed by atoms with E-state index in [-0.39, 0.29) is 5.91 Å². The average molecular weight is 252 g/mol. The summed E-state index contributed by atoms with van der Waals surface area (Å²) < 4.78 is 5.78. The molecule has 1 fully saturated rings. The molecule has 1 saturated carbocycles. The summed E-state index contributed by atoms with van der Waals surface area (Å²) in [5.74, 6) is 0.0684. The number of nitrogens with zero attached hydrogens (tertiary/aromatic N) is 2. The van der Waals surface area contributed by atoms with Crippen LogP contribution in [0, 0.1) is 11.3 Å². The van der Waals surface area contributed by atoms with E-state index in [9.17, 15) is 4.79 Å². The second-order valence-electron chi connectivity index (χ2n) is 4.96. The summed E-state index contributed by atoms with van der Waals surface area (Å²) >= 11 is 0. The standard InChI is InChI=1S/C14H24N2O2/c1-16(11-6-10-15)14(17)9-12-18-13-7-4-2-3-5-8-13/h13H,2-9,11-12H2,1H3. The number of carbonyl (C=O) groups is 1. The van der Waals surface area contributed by atoms with Crippen molar-refractivity contribution in [2.24, 2.45) is 0 Å². The van der Waals surface area contributed by atoms with Crippen LogP contribution < -0.4 is 0 Å². The largest absolute Gasteiger partial charge is 0.378 e. The average Bonchev–Trinajstić information content (AvgIpc) is 2.64. The predicted molar refractivity (Wildman–Crippen MR) is 69.9 cm³/mol. The summed E-state index contributed by atoms with van der Waals surface area (Å²) in [5.41, 5.74) is 0.